The molecule has 146 valence electrons. The van der Waals surface area contributed by atoms with Crippen LogP contribution in [-0.4, -0.2) is 53.2 Å². The predicted molar refractivity (Wildman–Crippen MR) is 112 cm³/mol. The van der Waals surface area contributed by atoms with Gasteiger partial charge < -0.3 is 14.5 Å². The first kappa shape index (κ1) is 18.9. The lowest BCUT2D eigenvalue weighted by Gasteiger charge is -2.32. The van der Waals surface area contributed by atoms with E-state index in [1.165, 1.54) is 16.2 Å². The Balaban J connectivity index is 1.40. The Morgan fingerprint density at radius 3 is 2.75 bits per heavy atom. The topological polar surface area (TPSA) is 43.8 Å². The molecule has 0 spiro atoms. The van der Waals surface area contributed by atoms with E-state index >= 15 is 0 Å². The summed E-state index contributed by atoms with van der Waals surface area (Å²) in [6.07, 6.45) is 4.02. The van der Waals surface area contributed by atoms with Gasteiger partial charge in [-0.25, -0.2) is 0 Å². The minimum Gasteiger partial charge on any atom is -0.497 e. The van der Waals surface area contributed by atoms with Gasteiger partial charge in [-0.05, 0) is 35.8 Å². The first-order valence-electron chi connectivity index (χ1n) is 9.24. The molecule has 1 N–H and O–H groups in total. The monoisotopic (exact) mass is 415 g/mol. The van der Waals surface area contributed by atoms with Crippen molar-refractivity contribution in [2.75, 3.05) is 33.3 Å². The second kappa shape index (κ2) is 8.30. The molecule has 1 aliphatic rings. The maximum absolute atomic E-state index is 12.5. The standard InChI is InChI=1S/C20H22N4O2S2/c1-26-17-5-2-4-16(14-17)24-12-11-23(20(24)27)15-21-7-9-22(10-8-21)19(25)18-6-3-13-28-18/h2-6,11-14H,7-10,15H2,1H3/p+1. The number of benzene rings is 1. The number of amides is 1. The first-order chi connectivity index (χ1) is 13.7. The summed E-state index contributed by atoms with van der Waals surface area (Å²) >= 11 is 7.19. The highest BCUT2D eigenvalue weighted by Gasteiger charge is 2.25. The third kappa shape index (κ3) is 3.89. The van der Waals surface area contributed by atoms with Crippen molar-refractivity contribution in [3.63, 3.8) is 0 Å². The number of rotatable bonds is 5. The van der Waals surface area contributed by atoms with E-state index in [9.17, 15) is 4.79 Å². The van der Waals surface area contributed by atoms with Crippen molar-refractivity contribution in [1.29, 1.82) is 0 Å². The van der Waals surface area contributed by atoms with E-state index in [0.717, 1.165) is 53.9 Å². The van der Waals surface area contributed by atoms with Crippen molar-refractivity contribution in [2.24, 2.45) is 0 Å². The number of piperazine rings is 1. The van der Waals surface area contributed by atoms with Gasteiger partial charge in [0, 0.05) is 18.5 Å². The maximum Gasteiger partial charge on any atom is 0.264 e. The van der Waals surface area contributed by atoms with E-state index in [0.29, 0.717) is 0 Å². The zero-order valence-corrected chi connectivity index (χ0v) is 17.3. The average Bonchev–Trinajstić information content (AvgIpc) is 3.39. The summed E-state index contributed by atoms with van der Waals surface area (Å²) in [6.45, 7) is 4.19. The molecule has 4 rings (SSSR count). The third-order valence-electron chi connectivity index (χ3n) is 5.06. The minimum atomic E-state index is 0.148. The van der Waals surface area contributed by atoms with Crippen molar-refractivity contribution < 1.29 is 14.4 Å². The molecule has 28 heavy (non-hydrogen) atoms. The van der Waals surface area contributed by atoms with Crippen LogP contribution in [0.1, 0.15) is 9.67 Å². The number of aromatic nitrogens is 2. The van der Waals surface area contributed by atoms with Crippen LogP contribution in [0.5, 0.6) is 5.75 Å². The zero-order chi connectivity index (χ0) is 19.5. The Kier molecular flexibility index (Phi) is 5.61. The van der Waals surface area contributed by atoms with Crippen molar-refractivity contribution in [2.45, 2.75) is 6.67 Å². The quantitative estimate of drug-likeness (QED) is 0.649. The number of imidazole rings is 1. The van der Waals surface area contributed by atoms with Crippen LogP contribution >= 0.6 is 23.6 Å². The van der Waals surface area contributed by atoms with Crippen molar-refractivity contribution in [3.05, 3.63) is 63.8 Å². The molecule has 0 radical (unpaired) electrons. The predicted octanol–water partition coefficient (Wildman–Crippen LogP) is 2.08. The van der Waals surface area contributed by atoms with Crippen LogP contribution in [0.2, 0.25) is 0 Å². The van der Waals surface area contributed by atoms with Crippen LogP contribution in [-0.2, 0) is 6.67 Å². The summed E-state index contributed by atoms with van der Waals surface area (Å²) in [5.74, 6) is 0.958. The molecule has 0 atom stereocenters. The molecule has 1 amide bonds. The molecule has 2 aromatic heterocycles. The third-order valence-corrected chi connectivity index (χ3v) is 6.35. The van der Waals surface area contributed by atoms with Gasteiger partial charge >= 0.3 is 0 Å². The average molecular weight is 416 g/mol. The van der Waals surface area contributed by atoms with Crippen LogP contribution < -0.4 is 9.64 Å². The smallest absolute Gasteiger partial charge is 0.264 e. The molecule has 8 heteroatoms. The lowest BCUT2D eigenvalue weighted by atomic mass is 10.3. The van der Waals surface area contributed by atoms with E-state index in [1.54, 1.807) is 7.11 Å². The molecule has 1 aromatic carbocycles. The molecular weight excluding hydrogens is 392 g/mol. The Labute approximate surface area is 173 Å². The van der Waals surface area contributed by atoms with Gasteiger partial charge in [-0.1, -0.05) is 12.1 Å². The Bertz CT molecular complexity index is 1000. The summed E-state index contributed by atoms with van der Waals surface area (Å²) < 4.78 is 10.2. The van der Waals surface area contributed by atoms with Crippen LogP contribution in [0, 0.1) is 4.77 Å². The fourth-order valence-corrected chi connectivity index (χ4v) is 4.45. The highest BCUT2D eigenvalue weighted by atomic mass is 32.1. The SMILES string of the molecule is COc1cccc(-n2ccn(C[NH+]3CCN(C(=O)c4cccs4)CC3)c2=S)c1. The fourth-order valence-electron chi connectivity index (χ4n) is 3.47. The second-order valence-electron chi connectivity index (χ2n) is 6.80. The number of carbonyl (C=O) groups excluding carboxylic acids is 1. The first-order valence-corrected chi connectivity index (χ1v) is 10.5. The number of nitrogens with zero attached hydrogens (tertiary/aromatic N) is 3. The molecule has 0 aliphatic carbocycles. The molecular formula is C20H23N4O2S2+. The molecule has 1 fully saturated rings. The Hall–Kier alpha value is -2.42. The minimum absolute atomic E-state index is 0.148. The number of quaternary nitrogens is 1. The highest BCUT2D eigenvalue weighted by molar-refractivity contribution is 7.71. The van der Waals surface area contributed by atoms with Gasteiger partial charge in [0.25, 0.3) is 5.91 Å². The molecule has 0 saturated carbocycles. The van der Waals surface area contributed by atoms with E-state index in [4.69, 9.17) is 17.0 Å². The second-order valence-corrected chi connectivity index (χ2v) is 8.11. The molecule has 6 nitrogen and oxygen atoms in total. The molecule has 1 aliphatic heterocycles. The van der Waals surface area contributed by atoms with Crippen LogP contribution in [0.4, 0.5) is 0 Å². The van der Waals surface area contributed by atoms with Crippen LogP contribution in [0.3, 0.4) is 0 Å². The molecule has 1 saturated heterocycles. The molecule has 3 heterocycles. The van der Waals surface area contributed by atoms with E-state index < -0.39 is 0 Å². The number of carbonyl (C=O) groups is 1. The summed E-state index contributed by atoms with van der Waals surface area (Å²) in [4.78, 5) is 16.7. The number of thiophene rings is 1. The van der Waals surface area contributed by atoms with Crippen molar-refractivity contribution >= 4 is 29.5 Å². The lowest BCUT2D eigenvalue weighted by molar-refractivity contribution is -0.926. The van der Waals surface area contributed by atoms with Crippen LogP contribution in [0.15, 0.2) is 54.2 Å². The van der Waals surface area contributed by atoms with E-state index in [1.807, 2.05) is 63.6 Å². The van der Waals surface area contributed by atoms with Gasteiger partial charge in [-0.15, -0.1) is 11.3 Å². The Morgan fingerprint density at radius 2 is 2.04 bits per heavy atom. The summed E-state index contributed by atoms with van der Waals surface area (Å²) in [5.41, 5.74) is 0.990. The number of hydrogen-bond acceptors (Lipinski definition) is 4. The fraction of sp³-hybridized carbons (Fsp3) is 0.300. The van der Waals surface area contributed by atoms with Gasteiger partial charge in [0.15, 0.2) is 11.4 Å². The summed E-state index contributed by atoms with van der Waals surface area (Å²) in [6, 6.07) is 11.7. The molecule has 0 unspecified atom stereocenters. The van der Waals surface area contributed by atoms with E-state index in [2.05, 4.69) is 4.57 Å². The largest absolute Gasteiger partial charge is 0.497 e. The summed E-state index contributed by atoms with van der Waals surface area (Å²) in [5, 5.41) is 1.95. The van der Waals surface area contributed by atoms with Crippen molar-refractivity contribution in [3.8, 4) is 11.4 Å². The van der Waals surface area contributed by atoms with Gasteiger partial charge in [0.05, 0.1) is 43.9 Å². The molecule has 0 bridgehead atoms. The van der Waals surface area contributed by atoms with Gasteiger partial charge in [0.2, 0.25) is 0 Å². The number of hydrogen-bond donors (Lipinski definition) is 1. The lowest BCUT2D eigenvalue weighted by Crippen LogP contribution is -3.14. The van der Waals surface area contributed by atoms with Crippen LogP contribution in [0.25, 0.3) is 5.69 Å². The van der Waals surface area contributed by atoms with Gasteiger partial charge in [-0.2, -0.15) is 0 Å². The summed E-state index contributed by atoms with van der Waals surface area (Å²) in [7, 11) is 1.66. The van der Waals surface area contributed by atoms with Gasteiger partial charge in [-0.3, -0.25) is 13.9 Å². The van der Waals surface area contributed by atoms with Gasteiger partial charge in [0.1, 0.15) is 5.75 Å². The van der Waals surface area contributed by atoms with E-state index in [-0.39, 0.29) is 5.91 Å². The number of ether oxygens (including phenoxy) is 1. The Morgan fingerprint density at radius 1 is 1.21 bits per heavy atom. The zero-order valence-electron chi connectivity index (χ0n) is 15.7. The maximum atomic E-state index is 12.5. The number of nitrogens with one attached hydrogen (secondary N) is 1. The highest BCUT2D eigenvalue weighted by Crippen LogP contribution is 2.17. The molecule has 3 aromatic rings. The van der Waals surface area contributed by atoms with Crippen molar-refractivity contribution in [1.82, 2.24) is 14.0 Å². The normalized spacial score (nSPS) is 15.0. The number of methoxy groups -OCH3 is 1.